The van der Waals surface area contributed by atoms with E-state index >= 15 is 4.39 Å². The maximum atomic E-state index is 15.3. The number of carbonyl (C=O) groups is 1. The number of halogens is 2. The second-order valence-corrected chi connectivity index (χ2v) is 12.5. The number of carbonyl (C=O) groups excluding carboxylic acids is 1. The molecule has 2 aliphatic heterocycles. The minimum Gasteiger partial charge on any atom is -0.490 e. The molecule has 0 aliphatic carbocycles. The minimum absolute atomic E-state index is 0.104. The molecule has 0 N–H and O–H groups in total. The predicted molar refractivity (Wildman–Crippen MR) is 159 cm³/mol. The number of ether oxygens (including phenoxy) is 4. The van der Waals surface area contributed by atoms with Gasteiger partial charge < -0.3 is 23.8 Å². The van der Waals surface area contributed by atoms with Gasteiger partial charge in [-0.2, -0.15) is 0 Å². The van der Waals surface area contributed by atoms with E-state index in [4.69, 9.17) is 30.5 Å². The van der Waals surface area contributed by atoms with Crippen molar-refractivity contribution < 1.29 is 28.1 Å². The van der Waals surface area contributed by atoms with Crippen molar-refractivity contribution in [1.82, 2.24) is 9.97 Å². The Labute approximate surface area is 251 Å². The van der Waals surface area contributed by atoms with Crippen LogP contribution in [0.5, 0.6) is 11.6 Å². The lowest BCUT2D eigenvalue weighted by Crippen LogP contribution is -2.38. The highest BCUT2D eigenvalue weighted by molar-refractivity contribution is 6.30. The zero-order valence-corrected chi connectivity index (χ0v) is 25.7. The summed E-state index contributed by atoms with van der Waals surface area (Å²) in [6, 6.07) is 6.73. The van der Waals surface area contributed by atoms with Crippen molar-refractivity contribution in [1.29, 1.82) is 0 Å². The van der Waals surface area contributed by atoms with Crippen LogP contribution in [0.2, 0.25) is 5.02 Å². The van der Waals surface area contributed by atoms with Crippen molar-refractivity contribution in [3.8, 4) is 22.8 Å². The Hall–Kier alpha value is -3.43. The Balaban J connectivity index is 1.42. The quantitative estimate of drug-likeness (QED) is 0.203. The van der Waals surface area contributed by atoms with Crippen LogP contribution in [0.15, 0.2) is 36.7 Å². The Kier molecular flexibility index (Phi) is 8.36. The SMILES string of the molecule is Cc1cc(Cl)ccc1OCCOc1ncc(-c2cnc(C)c([C@@H]3OC(C)(C)OC3=O)c2N2CCC(C)(C)CC2)cc1F. The summed E-state index contributed by atoms with van der Waals surface area (Å²) >= 11 is 6.00. The summed E-state index contributed by atoms with van der Waals surface area (Å²) in [5.74, 6) is -1.58. The molecule has 0 saturated carbocycles. The zero-order valence-electron chi connectivity index (χ0n) is 24.9. The van der Waals surface area contributed by atoms with Gasteiger partial charge in [-0.05, 0) is 61.9 Å². The molecule has 2 aliphatic rings. The first kappa shape index (κ1) is 30.0. The van der Waals surface area contributed by atoms with Crippen molar-refractivity contribution >= 4 is 23.3 Å². The number of aryl methyl sites for hydroxylation is 2. The van der Waals surface area contributed by atoms with E-state index in [0.29, 0.717) is 33.2 Å². The standard InChI is InChI=1S/C32H37ClFN3O5/c1-19-15-22(33)7-8-25(19)39-13-14-40-29-24(34)16-21(17-36-29)23-18-35-20(2)26(28-30(38)42-32(5,6)41-28)27(23)37-11-9-31(3,4)10-12-37/h7-8,15-18,28H,9-14H2,1-6H3/t28-/m0/s1. The molecule has 1 aromatic carbocycles. The number of hydrogen-bond donors (Lipinski definition) is 0. The topological polar surface area (TPSA) is 83.0 Å². The molecule has 3 aromatic rings. The number of pyridine rings is 2. The molecule has 2 saturated heterocycles. The normalized spacial score (nSPS) is 19.5. The molecule has 2 fully saturated rings. The van der Waals surface area contributed by atoms with Crippen molar-refractivity contribution in [2.75, 3.05) is 31.2 Å². The largest absolute Gasteiger partial charge is 0.490 e. The lowest BCUT2D eigenvalue weighted by atomic mass is 9.82. The number of aromatic nitrogens is 2. The van der Waals surface area contributed by atoms with Crippen LogP contribution >= 0.6 is 11.6 Å². The van der Waals surface area contributed by atoms with Crippen LogP contribution in [0, 0.1) is 25.1 Å². The van der Waals surface area contributed by atoms with Crippen LogP contribution in [0.25, 0.3) is 11.1 Å². The molecule has 42 heavy (non-hydrogen) atoms. The summed E-state index contributed by atoms with van der Waals surface area (Å²) < 4.78 is 38.2. The Bertz CT molecular complexity index is 1490. The minimum atomic E-state index is -1.06. The van der Waals surface area contributed by atoms with Gasteiger partial charge in [0.15, 0.2) is 11.9 Å². The average Bonchev–Trinajstić information content (AvgIpc) is 3.19. The third-order valence-corrected chi connectivity index (χ3v) is 8.02. The number of hydrogen-bond acceptors (Lipinski definition) is 8. The number of piperidine rings is 1. The highest BCUT2D eigenvalue weighted by Crippen LogP contribution is 2.45. The first-order chi connectivity index (χ1) is 19.8. The summed E-state index contributed by atoms with van der Waals surface area (Å²) in [6.45, 7) is 13.5. The van der Waals surface area contributed by atoms with E-state index in [1.165, 1.54) is 6.07 Å². The highest BCUT2D eigenvalue weighted by atomic mass is 35.5. The first-order valence-electron chi connectivity index (χ1n) is 14.2. The summed E-state index contributed by atoms with van der Waals surface area (Å²) in [5.41, 5.74) is 4.37. The molecule has 0 bridgehead atoms. The van der Waals surface area contributed by atoms with E-state index in [9.17, 15) is 4.79 Å². The molecular formula is C32H37ClFN3O5. The van der Waals surface area contributed by atoms with Crippen LogP contribution in [0.3, 0.4) is 0 Å². The maximum Gasteiger partial charge on any atom is 0.342 e. The van der Waals surface area contributed by atoms with E-state index in [1.807, 2.05) is 19.9 Å². The molecule has 0 unspecified atom stereocenters. The van der Waals surface area contributed by atoms with E-state index in [0.717, 1.165) is 37.2 Å². The summed E-state index contributed by atoms with van der Waals surface area (Å²) in [5, 5.41) is 0.630. The summed E-state index contributed by atoms with van der Waals surface area (Å²) in [4.78, 5) is 24.1. The molecule has 224 valence electrons. The van der Waals surface area contributed by atoms with Crippen LogP contribution < -0.4 is 14.4 Å². The maximum absolute atomic E-state index is 15.3. The third-order valence-electron chi connectivity index (χ3n) is 7.78. The van der Waals surface area contributed by atoms with Gasteiger partial charge in [0.1, 0.15) is 19.0 Å². The molecular weight excluding hydrogens is 561 g/mol. The van der Waals surface area contributed by atoms with Gasteiger partial charge in [0.25, 0.3) is 5.88 Å². The van der Waals surface area contributed by atoms with Gasteiger partial charge in [-0.15, -0.1) is 0 Å². The van der Waals surface area contributed by atoms with Gasteiger partial charge >= 0.3 is 5.97 Å². The summed E-state index contributed by atoms with van der Waals surface area (Å²) in [7, 11) is 0. The predicted octanol–water partition coefficient (Wildman–Crippen LogP) is 6.99. The molecule has 10 heteroatoms. The first-order valence-corrected chi connectivity index (χ1v) is 14.5. The van der Waals surface area contributed by atoms with Gasteiger partial charge in [-0.3, -0.25) is 4.98 Å². The summed E-state index contributed by atoms with van der Waals surface area (Å²) in [6.07, 6.45) is 4.26. The van der Waals surface area contributed by atoms with E-state index in [1.54, 1.807) is 38.4 Å². The third kappa shape index (κ3) is 6.47. The van der Waals surface area contributed by atoms with Crippen LogP contribution in [-0.2, 0) is 14.3 Å². The molecule has 8 nitrogen and oxygen atoms in total. The lowest BCUT2D eigenvalue weighted by molar-refractivity contribution is -0.160. The van der Waals surface area contributed by atoms with Gasteiger partial charge in [-0.1, -0.05) is 25.4 Å². The molecule has 5 rings (SSSR count). The number of benzene rings is 1. The zero-order chi connectivity index (χ0) is 30.2. The fraction of sp³-hybridized carbons (Fsp3) is 0.469. The highest BCUT2D eigenvalue weighted by Gasteiger charge is 2.45. The molecule has 2 aromatic heterocycles. The average molecular weight is 598 g/mol. The number of nitrogens with zero attached hydrogens (tertiary/aromatic N) is 3. The molecule has 0 spiro atoms. The second kappa shape index (κ2) is 11.7. The number of esters is 1. The fourth-order valence-corrected chi connectivity index (χ4v) is 5.61. The van der Waals surface area contributed by atoms with Crippen LogP contribution in [0.1, 0.15) is 63.5 Å². The lowest BCUT2D eigenvalue weighted by Gasteiger charge is -2.40. The van der Waals surface area contributed by atoms with Crippen molar-refractivity contribution in [3.63, 3.8) is 0 Å². The van der Waals surface area contributed by atoms with E-state index in [2.05, 4.69) is 28.7 Å². The second-order valence-electron chi connectivity index (χ2n) is 12.1. The van der Waals surface area contributed by atoms with Crippen molar-refractivity contribution in [2.24, 2.45) is 5.41 Å². The van der Waals surface area contributed by atoms with Gasteiger partial charge in [0, 0.05) is 66.7 Å². The van der Waals surface area contributed by atoms with E-state index < -0.39 is 23.7 Å². The molecule has 0 amide bonds. The monoisotopic (exact) mass is 597 g/mol. The van der Waals surface area contributed by atoms with Crippen molar-refractivity contribution in [2.45, 2.75) is 66.3 Å². The van der Waals surface area contributed by atoms with Gasteiger partial charge in [0.05, 0.1) is 5.69 Å². The van der Waals surface area contributed by atoms with Crippen molar-refractivity contribution in [3.05, 3.63) is 64.3 Å². The number of anilines is 1. The van der Waals surface area contributed by atoms with Crippen LogP contribution in [0.4, 0.5) is 10.1 Å². The number of rotatable bonds is 8. The van der Waals surface area contributed by atoms with Gasteiger partial charge in [0.2, 0.25) is 5.79 Å². The van der Waals surface area contributed by atoms with E-state index in [-0.39, 0.29) is 24.5 Å². The Morgan fingerprint density at radius 3 is 2.40 bits per heavy atom. The Morgan fingerprint density at radius 1 is 1.05 bits per heavy atom. The molecule has 0 radical (unpaired) electrons. The smallest absolute Gasteiger partial charge is 0.342 e. The molecule has 4 heterocycles. The fourth-order valence-electron chi connectivity index (χ4n) is 5.38. The molecule has 1 atom stereocenters. The van der Waals surface area contributed by atoms with Crippen LogP contribution in [-0.4, -0.2) is 48.0 Å². The number of cyclic esters (lactones) is 1. The van der Waals surface area contributed by atoms with Gasteiger partial charge in [-0.25, -0.2) is 14.2 Å². The Morgan fingerprint density at radius 2 is 1.76 bits per heavy atom.